The minimum absolute atomic E-state index is 0.195. The number of benzene rings is 1. The number of hydrogen-bond acceptors (Lipinski definition) is 1. The van der Waals surface area contributed by atoms with Gasteiger partial charge in [0.05, 0.1) is 12.0 Å². The van der Waals surface area contributed by atoms with E-state index in [2.05, 4.69) is 6.07 Å². The lowest BCUT2D eigenvalue weighted by atomic mass is 9.95. The second-order valence-electron chi connectivity index (χ2n) is 3.26. The zero-order chi connectivity index (χ0) is 10.0. The van der Waals surface area contributed by atoms with E-state index in [0.717, 1.165) is 5.56 Å². The molecular formula is C11H12FN. The highest BCUT2D eigenvalue weighted by molar-refractivity contribution is 5.36. The van der Waals surface area contributed by atoms with Gasteiger partial charge in [-0.1, -0.05) is 12.1 Å². The van der Waals surface area contributed by atoms with Gasteiger partial charge < -0.3 is 0 Å². The van der Waals surface area contributed by atoms with E-state index in [1.54, 1.807) is 26.8 Å². The first kappa shape index (κ1) is 9.73. The summed E-state index contributed by atoms with van der Waals surface area (Å²) in [5.74, 6) is -0.435. The normalized spacial score (nSPS) is 12.2. The average Bonchev–Trinajstić information content (AvgIpc) is 2.13. The highest BCUT2D eigenvalue weighted by Crippen LogP contribution is 2.22. The Labute approximate surface area is 77.8 Å². The van der Waals surface area contributed by atoms with Crippen LogP contribution < -0.4 is 0 Å². The Morgan fingerprint density at radius 1 is 1.38 bits per heavy atom. The summed E-state index contributed by atoms with van der Waals surface area (Å²) in [6, 6.07) is 5.64. The Morgan fingerprint density at radius 3 is 2.54 bits per heavy atom. The van der Waals surface area contributed by atoms with Crippen LogP contribution in [0.15, 0.2) is 12.1 Å². The fourth-order valence-corrected chi connectivity index (χ4v) is 1.37. The van der Waals surface area contributed by atoms with Gasteiger partial charge in [0.1, 0.15) is 5.82 Å². The zero-order valence-corrected chi connectivity index (χ0v) is 8.06. The quantitative estimate of drug-likeness (QED) is 0.646. The number of nitrogens with zero attached hydrogens (tertiary/aromatic N) is 1. The first-order valence-electron chi connectivity index (χ1n) is 4.23. The molecule has 0 aliphatic rings. The van der Waals surface area contributed by atoms with Crippen molar-refractivity contribution in [2.45, 2.75) is 26.7 Å². The van der Waals surface area contributed by atoms with Crippen molar-refractivity contribution in [3.05, 3.63) is 34.6 Å². The number of rotatable bonds is 1. The summed E-state index contributed by atoms with van der Waals surface area (Å²) in [6.45, 7) is 5.21. The molecule has 0 radical (unpaired) electrons. The van der Waals surface area contributed by atoms with Gasteiger partial charge in [-0.2, -0.15) is 5.26 Å². The van der Waals surface area contributed by atoms with Gasteiger partial charge in [0.25, 0.3) is 0 Å². The molecule has 0 bridgehead atoms. The minimum atomic E-state index is -0.241. The fraction of sp³-hybridized carbons (Fsp3) is 0.364. The number of nitriles is 1. The van der Waals surface area contributed by atoms with Crippen LogP contribution in [0, 0.1) is 31.0 Å². The van der Waals surface area contributed by atoms with Crippen LogP contribution in [0.2, 0.25) is 0 Å². The first-order chi connectivity index (χ1) is 6.07. The molecule has 0 spiro atoms. The molecular weight excluding hydrogens is 165 g/mol. The molecule has 1 atom stereocenters. The highest BCUT2D eigenvalue weighted by Gasteiger charge is 2.11. The maximum absolute atomic E-state index is 13.4. The molecule has 0 heterocycles. The van der Waals surface area contributed by atoms with Crippen molar-refractivity contribution in [3.8, 4) is 6.07 Å². The van der Waals surface area contributed by atoms with Crippen molar-refractivity contribution in [2.24, 2.45) is 0 Å². The summed E-state index contributed by atoms with van der Waals surface area (Å²) in [7, 11) is 0. The molecule has 13 heavy (non-hydrogen) atoms. The van der Waals surface area contributed by atoms with Crippen molar-refractivity contribution in [2.75, 3.05) is 0 Å². The first-order valence-corrected chi connectivity index (χ1v) is 4.23. The van der Waals surface area contributed by atoms with Crippen molar-refractivity contribution < 1.29 is 4.39 Å². The maximum atomic E-state index is 13.4. The SMILES string of the molecule is Cc1ccc(C(C)C#N)c(C)c1F. The molecule has 2 heteroatoms. The van der Waals surface area contributed by atoms with Crippen molar-refractivity contribution in [3.63, 3.8) is 0 Å². The van der Waals surface area contributed by atoms with Crippen LogP contribution in [-0.4, -0.2) is 0 Å². The minimum Gasteiger partial charge on any atom is -0.206 e. The van der Waals surface area contributed by atoms with Gasteiger partial charge >= 0.3 is 0 Å². The van der Waals surface area contributed by atoms with E-state index in [0.29, 0.717) is 11.1 Å². The Kier molecular flexibility index (Phi) is 2.67. The Bertz CT molecular complexity index is 363. The lowest BCUT2D eigenvalue weighted by molar-refractivity contribution is 0.605. The molecule has 1 aromatic carbocycles. The summed E-state index contributed by atoms with van der Waals surface area (Å²) in [5.41, 5.74) is 2.01. The lowest BCUT2D eigenvalue weighted by Crippen LogP contribution is -1.98. The third-order valence-electron chi connectivity index (χ3n) is 2.28. The molecule has 0 fully saturated rings. The van der Waals surface area contributed by atoms with E-state index in [1.807, 2.05) is 6.07 Å². The van der Waals surface area contributed by atoms with E-state index >= 15 is 0 Å². The predicted octanol–water partition coefficient (Wildman–Crippen LogP) is 3.07. The summed E-state index contributed by atoms with van der Waals surface area (Å²) in [5, 5.41) is 8.70. The summed E-state index contributed by atoms with van der Waals surface area (Å²) in [4.78, 5) is 0. The van der Waals surface area contributed by atoms with E-state index in [9.17, 15) is 4.39 Å². The lowest BCUT2D eigenvalue weighted by Gasteiger charge is -2.09. The van der Waals surface area contributed by atoms with E-state index in [-0.39, 0.29) is 11.7 Å². The summed E-state index contributed by atoms with van der Waals surface area (Å²) < 4.78 is 13.4. The predicted molar refractivity (Wildman–Crippen MR) is 49.9 cm³/mol. The Morgan fingerprint density at radius 2 is 2.00 bits per heavy atom. The fourth-order valence-electron chi connectivity index (χ4n) is 1.37. The van der Waals surface area contributed by atoms with E-state index in [4.69, 9.17) is 5.26 Å². The Balaban J connectivity index is 3.28. The molecule has 0 amide bonds. The van der Waals surface area contributed by atoms with Gasteiger partial charge in [-0.3, -0.25) is 0 Å². The van der Waals surface area contributed by atoms with Crippen molar-refractivity contribution in [1.82, 2.24) is 0 Å². The van der Waals surface area contributed by atoms with Gasteiger partial charge in [0.2, 0.25) is 0 Å². The molecule has 1 nitrogen and oxygen atoms in total. The molecule has 0 aliphatic carbocycles. The largest absolute Gasteiger partial charge is 0.206 e. The number of halogens is 1. The molecule has 0 saturated heterocycles. The van der Waals surface area contributed by atoms with Gasteiger partial charge in [0, 0.05) is 0 Å². The average molecular weight is 177 g/mol. The van der Waals surface area contributed by atoms with Crippen LogP contribution >= 0.6 is 0 Å². The molecule has 0 aromatic heterocycles. The summed E-state index contributed by atoms with van der Waals surface area (Å²) in [6.07, 6.45) is 0. The smallest absolute Gasteiger partial charge is 0.129 e. The highest BCUT2D eigenvalue weighted by atomic mass is 19.1. The summed E-state index contributed by atoms with van der Waals surface area (Å²) >= 11 is 0. The number of hydrogen-bond donors (Lipinski definition) is 0. The molecule has 1 rings (SSSR count). The van der Waals surface area contributed by atoms with Crippen LogP contribution in [0.3, 0.4) is 0 Å². The van der Waals surface area contributed by atoms with Crippen LogP contribution in [0.4, 0.5) is 4.39 Å². The van der Waals surface area contributed by atoms with E-state index in [1.165, 1.54) is 0 Å². The van der Waals surface area contributed by atoms with Gasteiger partial charge in [0.15, 0.2) is 0 Å². The van der Waals surface area contributed by atoms with Crippen LogP contribution in [0.25, 0.3) is 0 Å². The second kappa shape index (κ2) is 3.57. The monoisotopic (exact) mass is 177 g/mol. The second-order valence-corrected chi connectivity index (χ2v) is 3.26. The topological polar surface area (TPSA) is 23.8 Å². The molecule has 0 aliphatic heterocycles. The Hall–Kier alpha value is -1.36. The van der Waals surface area contributed by atoms with E-state index < -0.39 is 0 Å². The molecule has 68 valence electrons. The van der Waals surface area contributed by atoms with Gasteiger partial charge in [-0.05, 0) is 37.5 Å². The maximum Gasteiger partial charge on any atom is 0.129 e. The van der Waals surface area contributed by atoms with Crippen molar-refractivity contribution >= 4 is 0 Å². The van der Waals surface area contributed by atoms with Gasteiger partial charge in [-0.25, -0.2) is 4.39 Å². The van der Waals surface area contributed by atoms with Crippen LogP contribution in [0.5, 0.6) is 0 Å². The van der Waals surface area contributed by atoms with Crippen LogP contribution in [0.1, 0.15) is 29.5 Å². The zero-order valence-electron chi connectivity index (χ0n) is 8.06. The standard InChI is InChI=1S/C11H12FN/c1-7-4-5-10(8(2)6-13)9(3)11(7)12/h4-5,8H,1-3H3. The number of aryl methyl sites for hydroxylation is 1. The molecule has 0 N–H and O–H groups in total. The molecule has 1 aromatic rings. The third kappa shape index (κ3) is 1.70. The molecule has 1 unspecified atom stereocenters. The van der Waals surface area contributed by atoms with Crippen molar-refractivity contribution in [1.29, 1.82) is 5.26 Å². The third-order valence-corrected chi connectivity index (χ3v) is 2.28. The van der Waals surface area contributed by atoms with Gasteiger partial charge in [-0.15, -0.1) is 0 Å². The van der Waals surface area contributed by atoms with Crippen LogP contribution in [-0.2, 0) is 0 Å². The molecule has 0 saturated carbocycles.